The van der Waals surface area contributed by atoms with E-state index in [1.807, 2.05) is 52.6 Å². The molecule has 0 unspecified atom stereocenters. The number of anilines is 1. The molecule has 10 heteroatoms. The molecule has 1 aromatic carbocycles. The fourth-order valence-corrected chi connectivity index (χ4v) is 4.64. The molecule has 1 aliphatic rings. The van der Waals surface area contributed by atoms with Gasteiger partial charge >= 0.3 is 5.69 Å². The van der Waals surface area contributed by atoms with Gasteiger partial charge in [-0.2, -0.15) is 5.10 Å². The number of H-pyrrole nitrogens is 1. The fraction of sp³-hybridized carbons (Fsp3) is 0.273. The van der Waals surface area contributed by atoms with Gasteiger partial charge in [-0.15, -0.1) is 5.10 Å². The third-order valence-electron chi connectivity index (χ3n) is 6.19. The lowest BCUT2D eigenvalue weighted by Gasteiger charge is -2.33. The van der Waals surface area contributed by atoms with E-state index in [0.717, 1.165) is 53.9 Å². The van der Waals surface area contributed by atoms with Crippen molar-refractivity contribution in [3.63, 3.8) is 0 Å². The number of para-hydroxylation sites is 2. The molecule has 0 radical (unpaired) electrons. The SMILES string of the molecule is Cn1c(-c2cccnn2)nc2c(N3CCC(n4c(=O)[nH]c5ccccc54)CC3)ncnc21. The number of benzene rings is 1. The summed E-state index contributed by atoms with van der Waals surface area (Å²) in [7, 11) is 1.92. The normalized spacial score (nSPS) is 15.1. The molecule has 0 saturated carbocycles. The maximum Gasteiger partial charge on any atom is 0.326 e. The number of rotatable bonds is 3. The molecule has 0 bridgehead atoms. The molecule has 0 aliphatic carbocycles. The molecule has 160 valence electrons. The van der Waals surface area contributed by atoms with Gasteiger partial charge in [-0.3, -0.25) is 4.57 Å². The lowest BCUT2D eigenvalue weighted by Crippen LogP contribution is -2.37. The van der Waals surface area contributed by atoms with E-state index in [2.05, 4.69) is 30.0 Å². The second kappa shape index (κ2) is 7.26. The van der Waals surface area contributed by atoms with Crippen LogP contribution in [0.25, 0.3) is 33.7 Å². The largest absolute Gasteiger partial charge is 0.355 e. The van der Waals surface area contributed by atoms with Gasteiger partial charge in [0.2, 0.25) is 0 Å². The Kier molecular flexibility index (Phi) is 4.23. The van der Waals surface area contributed by atoms with Gasteiger partial charge in [0.1, 0.15) is 12.0 Å². The van der Waals surface area contributed by atoms with Crippen molar-refractivity contribution in [1.82, 2.24) is 39.3 Å². The molecule has 0 atom stereocenters. The molecular weight excluding hydrogens is 406 g/mol. The minimum Gasteiger partial charge on any atom is -0.355 e. The number of nitrogens with zero attached hydrogens (tertiary/aromatic N) is 8. The summed E-state index contributed by atoms with van der Waals surface area (Å²) in [6.45, 7) is 1.56. The zero-order valence-electron chi connectivity index (χ0n) is 17.5. The van der Waals surface area contributed by atoms with Crippen molar-refractivity contribution in [3.8, 4) is 11.5 Å². The summed E-state index contributed by atoms with van der Waals surface area (Å²) in [5, 5.41) is 8.15. The monoisotopic (exact) mass is 427 g/mol. The first-order chi connectivity index (χ1) is 15.7. The molecule has 6 rings (SSSR count). The standard InChI is InChI=1S/C22H21N9O/c1-29-19(16-6-4-10-25-28-16)27-18-20(29)23-13-24-21(18)30-11-8-14(9-12-30)31-17-7-3-2-5-15(17)26-22(31)32/h2-7,10,13-14H,8-9,11-12H2,1H3,(H,26,32). The van der Waals surface area contributed by atoms with E-state index in [9.17, 15) is 4.79 Å². The summed E-state index contributed by atoms with van der Waals surface area (Å²) in [6.07, 6.45) is 4.91. The third-order valence-corrected chi connectivity index (χ3v) is 6.19. The Labute approximate surface area is 182 Å². The second-order valence-corrected chi connectivity index (χ2v) is 8.01. The zero-order valence-corrected chi connectivity index (χ0v) is 17.5. The first-order valence-corrected chi connectivity index (χ1v) is 10.6. The lowest BCUT2D eigenvalue weighted by molar-refractivity contribution is 0.395. The Morgan fingerprint density at radius 1 is 1.06 bits per heavy atom. The van der Waals surface area contributed by atoms with Crippen LogP contribution in [0.4, 0.5) is 5.82 Å². The van der Waals surface area contributed by atoms with Crippen molar-refractivity contribution < 1.29 is 0 Å². The highest BCUT2D eigenvalue weighted by atomic mass is 16.1. The van der Waals surface area contributed by atoms with Crippen LogP contribution in [0, 0.1) is 0 Å². The number of imidazole rings is 2. The van der Waals surface area contributed by atoms with E-state index in [-0.39, 0.29) is 11.7 Å². The Hall–Kier alpha value is -4.08. The number of aromatic nitrogens is 8. The summed E-state index contributed by atoms with van der Waals surface area (Å²) in [6, 6.07) is 11.7. The molecule has 5 aromatic rings. The summed E-state index contributed by atoms with van der Waals surface area (Å²) < 4.78 is 3.82. The van der Waals surface area contributed by atoms with Crippen molar-refractivity contribution in [2.75, 3.05) is 18.0 Å². The highest BCUT2D eigenvalue weighted by Crippen LogP contribution is 2.31. The zero-order chi connectivity index (χ0) is 21.7. The van der Waals surface area contributed by atoms with Gasteiger partial charge in [0.05, 0.1) is 11.0 Å². The fourth-order valence-electron chi connectivity index (χ4n) is 4.64. The predicted molar refractivity (Wildman–Crippen MR) is 120 cm³/mol. The van der Waals surface area contributed by atoms with Crippen LogP contribution in [0.2, 0.25) is 0 Å². The number of hydrogen-bond acceptors (Lipinski definition) is 7. The average Bonchev–Trinajstić information content (AvgIpc) is 3.36. The van der Waals surface area contributed by atoms with Crippen molar-refractivity contribution in [3.05, 3.63) is 59.4 Å². The Balaban J connectivity index is 1.32. The van der Waals surface area contributed by atoms with Crippen LogP contribution in [0.3, 0.4) is 0 Å². The van der Waals surface area contributed by atoms with Crippen molar-refractivity contribution in [2.24, 2.45) is 7.05 Å². The predicted octanol–water partition coefficient (Wildman–Crippen LogP) is 2.30. The van der Waals surface area contributed by atoms with E-state index in [1.54, 1.807) is 12.5 Å². The lowest BCUT2D eigenvalue weighted by atomic mass is 10.0. The van der Waals surface area contributed by atoms with Gasteiger partial charge in [0, 0.05) is 32.4 Å². The average molecular weight is 427 g/mol. The van der Waals surface area contributed by atoms with Crippen LogP contribution in [0.5, 0.6) is 0 Å². The maximum atomic E-state index is 12.6. The van der Waals surface area contributed by atoms with Gasteiger partial charge < -0.3 is 14.5 Å². The van der Waals surface area contributed by atoms with Crippen molar-refractivity contribution in [1.29, 1.82) is 0 Å². The highest BCUT2D eigenvalue weighted by molar-refractivity contribution is 5.86. The summed E-state index contributed by atoms with van der Waals surface area (Å²) >= 11 is 0. The van der Waals surface area contributed by atoms with Crippen LogP contribution in [-0.4, -0.2) is 52.4 Å². The quantitative estimate of drug-likeness (QED) is 0.470. The summed E-state index contributed by atoms with van der Waals surface area (Å²) in [5.74, 6) is 1.51. The minimum absolute atomic E-state index is 0.0487. The Bertz CT molecular complexity index is 1480. The van der Waals surface area contributed by atoms with E-state index in [4.69, 9.17) is 4.98 Å². The van der Waals surface area contributed by atoms with Crippen molar-refractivity contribution in [2.45, 2.75) is 18.9 Å². The number of piperidine rings is 1. The topological polar surface area (TPSA) is 110 Å². The summed E-state index contributed by atoms with van der Waals surface area (Å²) in [4.78, 5) is 31.6. The molecule has 4 aromatic heterocycles. The van der Waals surface area contributed by atoms with Crippen LogP contribution < -0.4 is 10.6 Å². The van der Waals surface area contributed by atoms with Gasteiger partial charge in [0.25, 0.3) is 0 Å². The van der Waals surface area contributed by atoms with E-state index in [1.165, 1.54) is 0 Å². The van der Waals surface area contributed by atoms with Gasteiger partial charge in [-0.05, 0) is 37.1 Å². The molecule has 1 saturated heterocycles. The number of hydrogen-bond donors (Lipinski definition) is 1. The molecular formula is C22H21N9O. The van der Waals surface area contributed by atoms with Crippen LogP contribution in [0.15, 0.2) is 53.7 Å². The molecule has 0 amide bonds. The first kappa shape index (κ1) is 18.7. The van der Waals surface area contributed by atoms with Gasteiger partial charge in [-0.25, -0.2) is 19.7 Å². The Morgan fingerprint density at radius 3 is 2.72 bits per heavy atom. The van der Waals surface area contributed by atoms with E-state index in [0.29, 0.717) is 11.5 Å². The third kappa shape index (κ3) is 2.87. The van der Waals surface area contributed by atoms with Crippen molar-refractivity contribution >= 4 is 28.0 Å². The van der Waals surface area contributed by atoms with Crippen LogP contribution in [0.1, 0.15) is 18.9 Å². The smallest absolute Gasteiger partial charge is 0.326 e. The van der Waals surface area contributed by atoms with Crippen LogP contribution >= 0.6 is 0 Å². The second-order valence-electron chi connectivity index (χ2n) is 8.01. The Morgan fingerprint density at radius 2 is 1.91 bits per heavy atom. The number of fused-ring (bicyclic) bond motifs is 2. The number of aromatic amines is 1. The molecule has 1 aliphatic heterocycles. The maximum absolute atomic E-state index is 12.6. The van der Waals surface area contributed by atoms with E-state index < -0.39 is 0 Å². The van der Waals surface area contributed by atoms with Gasteiger partial charge in [0.15, 0.2) is 22.8 Å². The molecule has 5 heterocycles. The number of aryl methyl sites for hydroxylation is 1. The minimum atomic E-state index is -0.0487. The number of nitrogens with one attached hydrogen (secondary N) is 1. The molecule has 0 spiro atoms. The summed E-state index contributed by atoms with van der Waals surface area (Å²) in [5.41, 5.74) is 3.98. The van der Waals surface area contributed by atoms with Gasteiger partial charge in [-0.1, -0.05) is 12.1 Å². The van der Waals surface area contributed by atoms with Crippen LogP contribution in [-0.2, 0) is 7.05 Å². The first-order valence-electron chi connectivity index (χ1n) is 10.6. The molecule has 32 heavy (non-hydrogen) atoms. The molecule has 1 fully saturated rings. The highest BCUT2D eigenvalue weighted by Gasteiger charge is 2.26. The van der Waals surface area contributed by atoms with E-state index >= 15 is 0 Å². The molecule has 1 N–H and O–H groups in total. The molecule has 10 nitrogen and oxygen atoms in total.